The van der Waals surface area contributed by atoms with Gasteiger partial charge in [0.1, 0.15) is 17.8 Å². The lowest BCUT2D eigenvalue weighted by Crippen LogP contribution is -2.46. The van der Waals surface area contributed by atoms with Gasteiger partial charge in [-0.25, -0.2) is 9.97 Å². The molecule has 0 aromatic carbocycles. The Bertz CT molecular complexity index is 700. The quantitative estimate of drug-likeness (QED) is 0.888. The van der Waals surface area contributed by atoms with Gasteiger partial charge in [0.25, 0.3) is 0 Å². The molecule has 0 atom stereocenters. The molecule has 2 aliphatic rings. The third kappa shape index (κ3) is 3.21. The average molecular weight is 328 g/mol. The third-order valence-corrected chi connectivity index (χ3v) is 5.10. The second kappa shape index (κ2) is 6.76. The summed E-state index contributed by atoms with van der Waals surface area (Å²) in [6.45, 7) is 4.39. The van der Waals surface area contributed by atoms with Crippen molar-refractivity contribution in [2.24, 2.45) is 0 Å². The number of H-pyrrole nitrogens is 1. The van der Waals surface area contributed by atoms with Gasteiger partial charge < -0.3 is 15.2 Å². The van der Waals surface area contributed by atoms with Crippen molar-refractivity contribution >= 4 is 22.8 Å². The van der Waals surface area contributed by atoms with Gasteiger partial charge in [0.2, 0.25) is 5.91 Å². The van der Waals surface area contributed by atoms with E-state index in [-0.39, 0.29) is 5.91 Å². The van der Waals surface area contributed by atoms with Gasteiger partial charge in [-0.05, 0) is 44.8 Å². The van der Waals surface area contributed by atoms with Crippen LogP contribution in [0.5, 0.6) is 0 Å². The molecule has 4 heterocycles. The van der Waals surface area contributed by atoms with Gasteiger partial charge in [-0.1, -0.05) is 0 Å². The zero-order valence-electron chi connectivity index (χ0n) is 13.9. The number of nitrogens with zero attached hydrogens (tertiary/aromatic N) is 4. The van der Waals surface area contributed by atoms with E-state index in [0.717, 1.165) is 55.9 Å². The minimum absolute atomic E-state index is 0.283. The van der Waals surface area contributed by atoms with Crippen LogP contribution in [0.15, 0.2) is 18.6 Å². The number of likely N-dealkylation sites (tertiary alicyclic amines) is 2. The lowest BCUT2D eigenvalue weighted by atomic mass is 10.0. The molecule has 7 heteroatoms. The van der Waals surface area contributed by atoms with Crippen LogP contribution in [0.25, 0.3) is 11.0 Å². The number of amides is 1. The Morgan fingerprint density at radius 1 is 1.21 bits per heavy atom. The number of hydrogen-bond donors (Lipinski definition) is 2. The number of carbonyl (C=O) groups is 1. The van der Waals surface area contributed by atoms with E-state index < -0.39 is 0 Å². The van der Waals surface area contributed by atoms with Crippen molar-refractivity contribution < 1.29 is 4.79 Å². The van der Waals surface area contributed by atoms with E-state index >= 15 is 0 Å². The molecule has 24 heavy (non-hydrogen) atoms. The number of piperidine rings is 1. The standard InChI is InChI=1S/C17H24N6O/c24-15(11-22-7-1-2-8-22)23-9-4-13(5-10-23)21-17-14-3-6-18-16(14)19-12-20-17/h3,6,12-13H,1-2,4-5,7-11H2,(H2,18,19,20,21). The molecule has 2 fully saturated rings. The van der Waals surface area contributed by atoms with Gasteiger partial charge in [0.15, 0.2) is 0 Å². The predicted molar refractivity (Wildman–Crippen MR) is 92.8 cm³/mol. The Morgan fingerprint density at radius 2 is 2.00 bits per heavy atom. The maximum Gasteiger partial charge on any atom is 0.236 e. The largest absolute Gasteiger partial charge is 0.367 e. The molecule has 2 aromatic rings. The van der Waals surface area contributed by atoms with Crippen molar-refractivity contribution in [3.8, 4) is 0 Å². The number of rotatable bonds is 4. The van der Waals surface area contributed by atoms with Crippen molar-refractivity contribution in [3.63, 3.8) is 0 Å². The van der Waals surface area contributed by atoms with Gasteiger partial charge in [0.05, 0.1) is 11.9 Å². The van der Waals surface area contributed by atoms with Crippen molar-refractivity contribution in [2.75, 3.05) is 38.0 Å². The molecule has 0 spiro atoms. The fourth-order valence-corrected chi connectivity index (χ4v) is 3.69. The van der Waals surface area contributed by atoms with E-state index in [2.05, 4.69) is 25.2 Å². The van der Waals surface area contributed by atoms with Crippen LogP contribution in [0, 0.1) is 0 Å². The van der Waals surface area contributed by atoms with Crippen LogP contribution in [-0.4, -0.2) is 69.4 Å². The molecule has 0 radical (unpaired) electrons. The maximum atomic E-state index is 12.4. The summed E-state index contributed by atoms with van der Waals surface area (Å²) in [6, 6.07) is 2.35. The van der Waals surface area contributed by atoms with Gasteiger partial charge in [-0.2, -0.15) is 0 Å². The molecular weight excluding hydrogens is 304 g/mol. The summed E-state index contributed by atoms with van der Waals surface area (Å²) in [7, 11) is 0. The number of carbonyl (C=O) groups excluding carboxylic acids is 1. The highest BCUT2D eigenvalue weighted by molar-refractivity contribution is 5.86. The smallest absolute Gasteiger partial charge is 0.236 e. The van der Waals surface area contributed by atoms with Crippen LogP contribution in [0.2, 0.25) is 0 Å². The number of anilines is 1. The lowest BCUT2D eigenvalue weighted by molar-refractivity contribution is -0.133. The highest BCUT2D eigenvalue weighted by Crippen LogP contribution is 2.21. The van der Waals surface area contributed by atoms with Crippen molar-refractivity contribution in [1.82, 2.24) is 24.8 Å². The van der Waals surface area contributed by atoms with Crippen molar-refractivity contribution in [1.29, 1.82) is 0 Å². The molecule has 2 saturated heterocycles. The fraction of sp³-hybridized carbons (Fsp3) is 0.588. The zero-order chi connectivity index (χ0) is 16.4. The average Bonchev–Trinajstić information content (AvgIpc) is 3.27. The monoisotopic (exact) mass is 328 g/mol. The summed E-state index contributed by atoms with van der Waals surface area (Å²) in [5, 5.41) is 4.54. The Kier molecular flexibility index (Phi) is 4.34. The number of aromatic amines is 1. The molecule has 2 aliphatic heterocycles. The molecule has 0 bridgehead atoms. The molecule has 128 valence electrons. The van der Waals surface area contributed by atoms with Crippen LogP contribution in [0.4, 0.5) is 5.82 Å². The maximum absolute atomic E-state index is 12.4. The number of aromatic nitrogens is 3. The number of fused-ring (bicyclic) bond motifs is 1. The third-order valence-electron chi connectivity index (χ3n) is 5.10. The molecule has 0 unspecified atom stereocenters. The molecule has 2 aromatic heterocycles. The predicted octanol–water partition coefficient (Wildman–Crippen LogP) is 1.46. The number of nitrogens with one attached hydrogen (secondary N) is 2. The summed E-state index contributed by atoms with van der Waals surface area (Å²) >= 11 is 0. The highest BCUT2D eigenvalue weighted by atomic mass is 16.2. The molecule has 4 rings (SSSR count). The first-order valence-corrected chi connectivity index (χ1v) is 8.84. The van der Waals surface area contributed by atoms with Gasteiger partial charge in [-0.15, -0.1) is 0 Å². The number of hydrogen-bond acceptors (Lipinski definition) is 5. The minimum atomic E-state index is 0.283. The first-order chi connectivity index (χ1) is 11.8. The summed E-state index contributed by atoms with van der Waals surface area (Å²) in [6.07, 6.45) is 7.83. The second-order valence-electron chi connectivity index (χ2n) is 6.74. The highest BCUT2D eigenvalue weighted by Gasteiger charge is 2.25. The van der Waals surface area contributed by atoms with Crippen LogP contribution < -0.4 is 5.32 Å². The van der Waals surface area contributed by atoms with Gasteiger partial charge in [0, 0.05) is 25.3 Å². The first kappa shape index (κ1) is 15.4. The summed E-state index contributed by atoms with van der Waals surface area (Å²) < 4.78 is 0. The molecule has 2 N–H and O–H groups in total. The Morgan fingerprint density at radius 3 is 2.79 bits per heavy atom. The van der Waals surface area contributed by atoms with E-state index in [0.29, 0.717) is 12.6 Å². The molecule has 0 aliphatic carbocycles. The van der Waals surface area contributed by atoms with E-state index in [1.165, 1.54) is 12.8 Å². The van der Waals surface area contributed by atoms with E-state index in [9.17, 15) is 4.79 Å². The second-order valence-corrected chi connectivity index (χ2v) is 6.74. The molecule has 0 saturated carbocycles. The Labute approximate surface area is 141 Å². The summed E-state index contributed by atoms with van der Waals surface area (Å²) in [5.41, 5.74) is 0.853. The molecular formula is C17H24N6O. The van der Waals surface area contributed by atoms with Gasteiger partial charge in [-0.3, -0.25) is 9.69 Å². The Balaban J connectivity index is 1.31. The van der Waals surface area contributed by atoms with Crippen LogP contribution >= 0.6 is 0 Å². The van der Waals surface area contributed by atoms with Crippen molar-refractivity contribution in [3.05, 3.63) is 18.6 Å². The summed E-state index contributed by atoms with van der Waals surface area (Å²) in [4.78, 5) is 28.4. The normalized spacial score (nSPS) is 19.9. The van der Waals surface area contributed by atoms with Gasteiger partial charge >= 0.3 is 0 Å². The fourth-order valence-electron chi connectivity index (χ4n) is 3.69. The summed E-state index contributed by atoms with van der Waals surface area (Å²) in [5.74, 6) is 1.16. The van der Waals surface area contributed by atoms with E-state index in [4.69, 9.17) is 0 Å². The topological polar surface area (TPSA) is 77.2 Å². The first-order valence-electron chi connectivity index (χ1n) is 8.84. The minimum Gasteiger partial charge on any atom is -0.367 e. The zero-order valence-corrected chi connectivity index (χ0v) is 13.9. The van der Waals surface area contributed by atoms with Crippen LogP contribution in [0.3, 0.4) is 0 Å². The molecule has 1 amide bonds. The lowest BCUT2D eigenvalue weighted by Gasteiger charge is -2.33. The molecule has 7 nitrogen and oxygen atoms in total. The van der Waals surface area contributed by atoms with Crippen molar-refractivity contribution in [2.45, 2.75) is 31.7 Å². The van der Waals surface area contributed by atoms with Crippen LogP contribution in [-0.2, 0) is 4.79 Å². The Hall–Kier alpha value is -2.15. The van der Waals surface area contributed by atoms with E-state index in [1.54, 1.807) is 6.33 Å². The SMILES string of the molecule is O=C(CN1CCCC1)N1CCC(Nc2ncnc3[nH]ccc23)CC1. The van der Waals surface area contributed by atoms with Crippen LogP contribution in [0.1, 0.15) is 25.7 Å². The van der Waals surface area contributed by atoms with E-state index in [1.807, 2.05) is 17.2 Å².